The van der Waals surface area contributed by atoms with Gasteiger partial charge in [-0.2, -0.15) is 0 Å². The molecule has 0 bridgehead atoms. The first kappa shape index (κ1) is 13.4. The molecule has 2 amide bonds. The van der Waals surface area contributed by atoms with Gasteiger partial charge in [0.2, 0.25) is 5.91 Å². The topological polar surface area (TPSA) is 49.4 Å². The van der Waals surface area contributed by atoms with E-state index in [1.807, 2.05) is 42.5 Å². The molecule has 0 saturated heterocycles. The summed E-state index contributed by atoms with van der Waals surface area (Å²) in [5.41, 5.74) is 3.35. The van der Waals surface area contributed by atoms with Crippen molar-refractivity contribution in [1.29, 1.82) is 0 Å². The van der Waals surface area contributed by atoms with Crippen molar-refractivity contribution in [3.8, 4) is 0 Å². The molecule has 1 aliphatic rings. The third kappa shape index (κ3) is 2.65. The van der Waals surface area contributed by atoms with Crippen LogP contribution in [0.2, 0.25) is 0 Å². The first-order valence-electron chi connectivity index (χ1n) is 6.92. The van der Waals surface area contributed by atoms with Gasteiger partial charge in [0, 0.05) is 30.4 Å². The van der Waals surface area contributed by atoms with Gasteiger partial charge in [0.05, 0.1) is 0 Å². The highest BCUT2D eigenvalue weighted by Crippen LogP contribution is 2.29. The van der Waals surface area contributed by atoms with Crippen LogP contribution in [0.3, 0.4) is 0 Å². The minimum Gasteiger partial charge on any atom is -0.322 e. The molecule has 2 aromatic rings. The van der Waals surface area contributed by atoms with E-state index in [1.54, 1.807) is 17.9 Å². The Labute approximate surface area is 123 Å². The van der Waals surface area contributed by atoms with E-state index in [0.717, 1.165) is 23.4 Å². The Kier molecular flexibility index (Phi) is 3.44. The zero-order valence-corrected chi connectivity index (χ0v) is 11.8. The fraction of sp³-hybridized carbons (Fsp3) is 0.176. The van der Waals surface area contributed by atoms with Crippen molar-refractivity contribution < 1.29 is 9.59 Å². The highest BCUT2D eigenvalue weighted by atomic mass is 16.2. The second kappa shape index (κ2) is 5.40. The summed E-state index contributed by atoms with van der Waals surface area (Å²) < 4.78 is 0. The number of amides is 2. The lowest BCUT2D eigenvalue weighted by Crippen LogP contribution is -2.25. The van der Waals surface area contributed by atoms with Crippen LogP contribution in [0.25, 0.3) is 0 Å². The van der Waals surface area contributed by atoms with Crippen LogP contribution in [0.15, 0.2) is 48.5 Å². The highest BCUT2D eigenvalue weighted by molar-refractivity contribution is 6.05. The van der Waals surface area contributed by atoms with Gasteiger partial charge in [-0.3, -0.25) is 9.59 Å². The van der Waals surface area contributed by atoms with Gasteiger partial charge in [0.15, 0.2) is 0 Å². The molecule has 4 nitrogen and oxygen atoms in total. The minimum atomic E-state index is -0.134. The van der Waals surface area contributed by atoms with Gasteiger partial charge >= 0.3 is 0 Å². The SMILES string of the molecule is CC(=O)N1CCc2cc(C(=O)Nc3ccccc3)ccc21. The Morgan fingerprint density at radius 3 is 2.57 bits per heavy atom. The number of para-hydroxylation sites is 1. The number of rotatable bonds is 2. The van der Waals surface area contributed by atoms with E-state index in [4.69, 9.17) is 0 Å². The molecule has 4 heteroatoms. The number of carbonyl (C=O) groups is 2. The van der Waals surface area contributed by atoms with Gasteiger partial charge in [-0.15, -0.1) is 0 Å². The van der Waals surface area contributed by atoms with Gasteiger partial charge in [0.1, 0.15) is 0 Å². The van der Waals surface area contributed by atoms with Crippen LogP contribution in [0, 0.1) is 0 Å². The quantitative estimate of drug-likeness (QED) is 0.919. The molecule has 1 aliphatic heterocycles. The summed E-state index contributed by atoms with van der Waals surface area (Å²) in [5, 5.41) is 2.86. The fourth-order valence-corrected chi connectivity index (χ4v) is 2.59. The number of benzene rings is 2. The smallest absolute Gasteiger partial charge is 0.255 e. The van der Waals surface area contributed by atoms with Crippen LogP contribution in [0.1, 0.15) is 22.8 Å². The van der Waals surface area contributed by atoms with Gasteiger partial charge in [-0.1, -0.05) is 18.2 Å². The molecule has 0 radical (unpaired) electrons. The van der Waals surface area contributed by atoms with E-state index in [-0.39, 0.29) is 11.8 Å². The molecule has 2 aromatic carbocycles. The van der Waals surface area contributed by atoms with E-state index in [1.165, 1.54) is 0 Å². The first-order chi connectivity index (χ1) is 10.1. The van der Waals surface area contributed by atoms with Crippen LogP contribution in [-0.2, 0) is 11.2 Å². The zero-order valence-electron chi connectivity index (χ0n) is 11.8. The average Bonchev–Trinajstić information content (AvgIpc) is 2.91. The van der Waals surface area contributed by atoms with Crippen LogP contribution in [0.5, 0.6) is 0 Å². The molecule has 3 rings (SSSR count). The summed E-state index contributed by atoms with van der Waals surface area (Å²) >= 11 is 0. The predicted octanol–water partition coefficient (Wildman–Crippen LogP) is 2.85. The van der Waals surface area contributed by atoms with Crippen molar-refractivity contribution in [3.05, 3.63) is 59.7 Å². The monoisotopic (exact) mass is 280 g/mol. The largest absolute Gasteiger partial charge is 0.322 e. The number of nitrogens with one attached hydrogen (secondary N) is 1. The van der Waals surface area contributed by atoms with Crippen molar-refractivity contribution in [2.45, 2.75) is 13.3 Å². The predicted molar refractivity (Wildman–Crippen MR) is 82.6 cm³/mol. The Hall–Kier alpha value is -2.62. The van der Waals surface area contributed by atoms with E-state index in [0.29, 0.717) is 12.1 Å². The number of fused-ring (bicyclic) bond motifs is 1. The molecule has 1 N–H and O–H groups in total. The third-order valence-corrected chi connectivity index (χ3v) is 3.65. The lowest BCUT2D eigenvalue weighted by Gasteiger charge is -2.14. The highest BCUT2D eigenvalue weighted by Gasteiger charge is 2.23. The number of hydrogen-bond donors (Lipinski definition) is 1. The standard InChI is InChI=1S/C17H16N2O2/c1-12(20)19-10-9-13-11-14(7-8-16(13)19)17(21)18-15-5-3-2-4-6-15/h2-8,11H,9-10H2,1H3,(H,18,21). The third-order valence-electron chi connectivity index (χ3n) is 3.65. The lowest BCUT2D eigenvalue weighted by atomic mass is 10.1. The number of carbonyl (C=O) groups excluding carboxylic acids is 2. The van der Waals surface area contributed by atoms with Crippen LogP contribution < -0.4 is 10.2 Å². The molecule has 0 saturated carbocycles. The van der Waals surface area contributed by atoms with Crippen molar-refractivity contribution in [3.63, 3.8) is 0 Å². The van der Waals surface area contributed by atoms with Crippen molar-refractivity contribution in [2.24, 2.45) is 0 Å². The molecule has 0 aliphatic carbocycles. The second-order valence-electron chi connectivity index (χ2n) is 5.08. The maximum atomic E-state index is 12.2. The van der Waals surface area contributed by atoms with Gasteiger partial charge in [-0.25, -0.2) is 0 Å². The lowest BCUT2D eigenvalue weighted by molar-refractivity contribution is -0.116. The molecule has 0 aromatic heterocycles. The molecule has 0 spiro atoms. The fourth-order valence-electron chi connectivity index (χ4n) is 2.59. The van der Waals surface area contributed by atoms with Crippen LogP contribution in [-0.4, -0.2) is 18.4 Å². The zero-order chi connectivity index (χ0) is 14.8. The molecule has 1 heterocycles. The Morgan fingerprint density at radius 2 is 1.86 bits per heavy atom. The normalized spacial score (nSPS) is 12.9. The number of nitrogens with zero attached hydrogens (tertiary/aromatic N) is 1. The summed E-state index contributed by atoms with van der Waals surface area (Å²) in [6.07, 6.45) is 0.793. The van der Waals surface area contributed by atoms with E-state index in [9.17, 15) is 9.59 Å². The second-order valence-corrected chi connectivity index (χ2v) is 5.08. The summed E-state index contributed by atoms with van der Waals surface area (Å²) in [4.78, 5) is 25.5. The van der Waals surface area contributed by atoms with Gasteiger partial charge in [-0.05, 0) is 42.3 Å². The van der Waals surface area contributed by atoms with E-state index < -0.39 is 0 Å². The van der Waals surface area contributed by atoms with E-state index in [2.05, 4.69) is 5.32 Å². The maximum absolute atomic E-state index is 12.2. The summed E-state index contributed by atoms with van der Waals surface area (Å²) in [6.45, 7) is 2.25. The molecule has 0 unspecified atom stereocenters. The average molecular weight is 280 g/mol. The summed E-state index contributed by atoms with van der Waals surface area (Å²) in [6, 6.07) is 14.8. The van der Waals surface area contributed by atoms with Crippen LogP contribution >= 0.6 is 0 Å². The summed E-state index contributed by atoms with van der Waals surface area (Å²) in [5.74, 6) is -0.0967. The molecular formula is C17H16N2O2. The van der Waals surface area contributed by atoms with Crippen LogP contribution in [0.4, 0.5) is 11.4 Å². The first-order valence-corrected chi connectivity index (χ1v) is 6.92. The van der Waals surface area contributed by atoms with Crippen molar-refractivity contribution >= 4 is 23.2 Å². The number of hydrogen-bond acceptors (Lipinski definition) is 2. The Balaban J connectivity index is 1.82. The van der Waals surface area contributed by atoms with E-state index >= 15 is 0 Å². The van der Waals surface area contributed by atoms with Crippen molar-refractivity contribution in [1.82, 2.24) is 0 Å². The minimum absolute atomic E-state index is 0.0373. The Morgan fingerprint density at radius 1 is 1.10 bits per heavy atom. The van der Waals surface area contributed by atoms with Gasteiger partial charge in [0.25, 0.3) is 5.91 Å². The molecule has 0 fully saturated rings. The molecule has 21 heavy (non-hydrogen) atoms. The van der Waals surface area contributed by atoms with Crippen molar-refractivity contribution in [2.75, 3.05) is 16.8 Å². The molecule has 106 valence electrons. The summed E-state index contributed by atoms with van der Waals surface area (Å²) in [7, 11) is 0. The molecular weight excluding hydrogens is 264 g/mol. The Bertz CT molecular complexity index is 695. The molecule has 0 atom stereocenters. The number of anilines is 2. The van der Waals surface area contributed by atoms with Gasteiger partial charge < -0.3 is 10.2 Å². The maximum Gasteiger partial charge on any atom is 0.255 e.